The van der Waals surface area contributed by atoms with Crippen LogP contribution in [0.15, 0.2) is 48.5 Å². The van der Waals surface area contributed by atoms with Crippen molar-refractivity contribution < 1.29 is 4.79 Å². The molecule has 0 heterocycles. The summed E-state index contributed by atoms with van der Waals surface area (Å²) in [5.41, 5.74) is 1.99. The van der Waals surface area contributed by atoms with Gasteiger partial charge in [0.1, 0.15) is 0 Å². The van der Waals surface area contributed by atoms with Gasteiger partial charge in [-0.05, 0) is 42.8 Å². The Morgan fingerprint density at radius 1 is 1.24 bits per heavy atom. The second kappa shape index (κ2) is 6.92. The van der Waals surface area contributed by atoms with Crippen molar-refractivity contribution in [2.24, 2.45) is 0 Å². The van der Waals surface area contributed by atoms with E-state index in [9.17, 15) is 4.79 Å². The van der Waals surface area contributed by atoms with Gasteiger partial charge in [-0.2, -0.15) is 5.26 Å². The van der Waals surface area contributed by atoms with Crippen molar-refractivity contribution in [3.63, 3.8) is 0 Å². The molecular weight excluding hydrogens is 284 g/mol. The highest BCUT2D eigenvalue weighted by molar-refractivity contribution is 6.30. The van der Waals surface area contributed by atoms with Gasteiger partial charge in [-0.15, -0.1) is 0 Å². The van der Waals surface area contributed by atoms with Gasteiger partial charge in [-0.3, -0.25) is 4.79 Å². The van der Waals surface area contributed by atoms with E-state index in [1.807, 2.05) is 31.2 Å². The maximum absolute atomic E-state index is 12.5. The lowest BCUT2D eigenvalue weighted by atomic mass is 10.1. The van der Waals surface area contributed by atoms with Gasteiger partial charge in [-0.25, -0.2) is 0 Å². The van der Waals surface area contributed by atoms with Crippen LogP contribution in [0.1, 0.15) is 28.4 Å². The van der Waals surface area contributed by atoms with Crippen molar-refractivity contribution in [3.8, 4) is 6.07 Å². The maximum Gasteiger partial charge on any atom is 0.254 e. The molecule has 106 valence electrons. The molecule has 1 amide bonds. The summed E-state index contributed by atoms with van der Waals surface area (Å²) < 4.78 is 0. The predicted octanol–water partition coefficient (Wildman–Crippen LogP) is 3.87. The molecule has 2 aromatic carbocycles. The number of nitrogens with zero attached hydrogens (tertiary/aromatic N) is 2. The monoisotopic (exact) mass is 298 g/mol. The van der Waals surface area contributed by atoms with Gasteiger partial charge >= 0.3 is 0 Å². The Morgan fingerprint density at radius 3 is 2.67 bits per heavy atom. The largest absolute Gasteiger partial charge is 0.335 e. The lowest BCUT2D eigenvalue weighted by Gasteiger charge is -2.21. The minimum Gasteiger partial charge on any atom is -0.335 e. The molecule has 21 heavy (non-hydrogen) atoms. The predicted molar refractivity (Wildman–Crippen MR) is 83.0 cm³/mol. The topological polar surface area (TPSA) is 44.1 Å². The summed E-state index contributed by atoms with van der Waals surface area (Å²) >= 11 is 5.97. The van der Waals surface area contributed by atoms with Gasteiger partial charge in [0, 0.05) is 23.7 Å². The molecule has 0 bridgehead atoms. The SMILES string of the molecule is CCN(Cc1cccc(Cl)c1)C(=O)c1cccc(C#N)c1. The number of amides is 1. The number of hydrogen-bond donors (Lipinski definition) is 0. The molecule has 0 fully saturated rings. The van der Waals surface area contributed by atoms with E-state index in [-0.39, 0.29) is 5.91 Å². The van der Waals surface area contributed by atoms with E-state index in [0.29, 0.717) is 29.2 Å². The Balaban J connectivity index is 2.20. The van der Waals surface area contributed by atoms with Crippen LogP contribution in [0.3, 0.4) is 0 Å². The molecular formula is C17H15ClN2O. The first-order valence-electron chi connectivity index (χ1n) is 6.68. The third-order valence-corrected chi connectivity index (χ3v) is 3.41. The minimum absolute atomic E-state index is 0.0884. The summed E-state index contributed by atoms with van der Waals surface area (Å²) in [7, 11) is 0. The lowest BCUT2D eigenvalue weighted by molar-refractivity contribution is 0.0752. The molecule has 4 heteroatoms. The van der Waals surface area contributed by atoms with Crippen LogP contribution in [0.25, 0.3) is 0 Å². The van der Waals surface area contributed by atoms with Gasteiger partial charge < -0.3 is 4.90 Å². The van der Waals surface area contributed by atoms with E-state index in [1.54, 1.807) is 35.2 Å². The molecule has 0 atom stereocenters. The van der Waals surface area contributed by atoms with Gasteiger partial charge in [0.15, 0.2) is 0 Å². The van der Waals surface area contributed by atoms with Gasteiger partial charge in [0.25, 0.3) is 5.91 Å². The van der Waals surface area contributed by atoms with Crippen molar-refractivity contribution in [2.75, 3.05) is 6.54 Å². The summed E-state index contributed by atoms with van der Waals surface area (Å²) in [4.78, 5) is 14.2. The highest BCUT2D eigenvalue weighted by atomic mass is 35.5. The van der Waals surface area contributed by atoms with E-state index in [4.69, 9.17) is 16.9 Å². The van der Waals surface area contributed by atoms with Gasteiger partial charge in [-0.1, -0.05) is 29.8 Å². The summed E-state index contributed by atoms with van der Waals surface area (Å²) in [6.07, 6.45) is 0. The molecule has 2 rings (SSSR count). The highest BCUT2D eigenvalue weighted by Crippen LogP contribution is 2.15. The third kappa shape index (κ3) is 3.84. The molecule has 0 aliphatic carbocycles. The van der Waals surface area contributed by atoms with Gasteiger partial charge in [0.2, 0.25) is 0 Å². The van der Waals surface area contributed by atoms with E-state index in [0.717, 1.165) is 5.56 Å². The third-order valence-electron chi connectivity index (χ3n) is 3.17. The Kier molecular flexibility index (Phi) is 4.97. The molecule has 0 aliphatic heterocycles. The fraction of sp³-hybridized carbons (Fsp3) is 0.176. The molecule has 0 spiro atoms. The highest BCUT2D eigenvalue weighted by Gasteiger charge is 2.15. The summed E-state index contributed by atoms with van der Waals surface area (Å²) in [6, 6.07) is 16.3. The average molecular weight is 299 g/mol. The maximum atomic E-state index is 12.5. The summed E-state index contributed by atoms with van der Waals surface area (Å²) in [5.74, 6) is -0.0884. The molecule has 0 radical (unpaired) electrons. The van der Waals surface area contributed by atoms with Crippen LogP contribution >= 0.6 is 11.6 Å². The van der Waals surface area contributed by atoms with E-state index in [1.165, 1.54) is 0 Å². The molecule has 0 unspecified atom stereocenters. The van der Waals surface area contributed by atoms with Crippen molar-refractivity contribution in [2.45, 2.75) is 13.5 Å². The summed E-state index contributed by atoms with van der Waals surface area (Å²) in [5, 5.41) is 9.57. The quantitative estimate of drug-likeness (QED) is 0.860. The van der Waals surface area contributed by atoms with Crippen LogP contribution in [0.2, 0.25) is 5.02 Å². The Labute approximate surface area is 129 Å². The van der Waals surface area contributed by atoms with Crippen molar-refractivity contribution in [1.82, 2.24) is 4.90 Å². The molecule has 2 aromatic rings. The first kappa shape index (κ1) is 15.1. The van der Waals surface area contributed by atoms with E-state index < -0.39 is 0 Å². The zero-order valence-electron chi connectivity index (χ0n) is 11.7. The minimum atomic E-state index is -0.0884. The molecule has 0 aromatic heterocycles. The lowest BCUT2D eigenvalue weighted by Crippen LogP contribution is -2.30. The molecule has 0 saturated heterocycles. The second-order valence-corrected chi connectivity index (χ2v) is 5.08. The number of halogens is 1. The Hall–Kier alpha value is -2.31. The zero-order valence-corrected chi connectivity index (χ0v) is 12.5. The average Bonchev–Trinajstić information content (AvgIpc) is 2.52. The van der Waals surface area contributed by atoms with Crippen LogP contribution in [-0.2, 0) is 6.54 Å². The van der Waals surface area contributed by atoms with Crippen LogP contribution in [0.4, 0.5) is 0 Å². The van der Waals surface area contributed by atoms with Crippen molar-refractivity contribution in [3.05, 3.63) is 70.2 Å². The van der Waals surface area contributed by atoms with Crippen LogP contribution in [-0.4, -0.2) is 17.4 Å². The van der Waals surface area contributed by atoms with Gasteiger partial charge in [0.05, 0.1) is 11.6 Å². The normalized spacial score (nSPS) is 9.95. The van der Waals surface area contributed by atoms with Crippen molar-refractivity contribution >= 4 is 17.5 Å². The molecule has 0 N–H and O–H groups in total. The van der Waals surface area contributed by atoms with Crippen LogP contribution in [0, 0.1) is 11.3 Å². The number of carbonyl (C=O) groups is 1. The van der Waals surface area contributed by atoms with Crippen LogP contribution < -0.4 is 0 Å². The molecule has 0 saturated carbocycles. The smallest absolute Gasteiger partial charge is 0.254 e. The first-order chi connectivity index (χ1) is 10.1. The molecule has 0 aliphatic rings. The standard InChI is InChI=1S/C17H15ClN2O/c1-2-20(12-14-6-4-8-16(18)10-14)17(21)15-7-3-5-13(9-15)11-19/h3-10H,2,12H2,1H3. The fourth-order valence-electron chi connectivity index (χ4n) is 2.09. The Morgan fingerprint density at radius 2 is 2.00 bits per heavy atom. The number of benzene rings is 2. The number of hydrogen-bond acceptors (Lipinski definition) is 2. The molecule has 3 nitrogen and oxygen atoms in total. The Bertz CT molecular complexity index is 691. The first-order valence-corrected chi connectivity index (χ1v) is 7.05. The zero-order chi connectivity index (χ0) is 15.2. The number of carbonyl (C=O) groups excluding carboxylic acids is 1. The fourth-order valence-corrected chi connectivity index (χ4v) is 2.30. The number of rotatable bonds is 4. The van der Waals surface area contributed by atoms with Crippen molar-refractivity contribution in [1.29, 1.82) is 5.26 Å². The van der Waals surface area contributed by atoms with Crippen LogP contribution in [0.5, 0.6) is 0 Å². The number of nitriles is 1. The van der Waals surface area contributed by atoms with E-state index in [2.05, 4.69) is 0 Å². The summed E-state index contributed by atoms with van der Waals surface area (Å²) in [6.45, 7) is 3.01. The van der Waals surface area contributed by atoms with E-state index >= 15 is 0 Å². The second-order valence-electron chi connectivity index (χ2n) is 4.64.